The Balaban J connectivity index is 2.00. The third kappa shape index (κ3) is 4.73. The lowest BCUT2D eigenvalue weighted by Gasteiger charge is -2.28. The van der Waals surface area contributed by atoms with Gasteiger partial charge in [-0.2, -0.15) is 13.2 Å². The summed E-state index contributed by atoms with van der Waals surface area (Å²) in [6, 6.07) is 0.0259. The molecule has 4 nitrogen and oxygen atoms in total. The van der Waals surface area contributed by atoms with Crippen molar-refractivity contribution in [1.29, 1.82) is 0 Å². The van der Waals surface area contributed by atoms with Gasteiger partial charge in [-0.25, -0.2) is 16.5 Å². The predicted molar refractivity (Wildman–Crippen MR) is 77.9 cm³/mol. The van der Waals surface area contributed by atoms with E-state index in [0.717, 1.165) is 12.8 Å². The lowest BCUT2D eigenvalue weighted by molar-refractivity contribution is -0.135. The molecule has 1 aliphatic heterocycles. The van der Waals surface area contributed by atoms with Crippen LogP contribution in [0.3, 0.4) is 0 Å². The van der Waals surface area contributed by atoms with E-state index >= 15 is 0 Å². The van der Waals surface area contributed by atoms with Crippen molar-refractivity contribution < 1.29 is 13.2 Å². The van der Waals surface area contributed by atoms with E-state index in [1.54, 1.807) is 0 Å². The fourth-order valence-electron chi connectivity index (χ4n) is 2.40. The van der Waals surface area contributed by atoms with Gasteiger partial charge in [0.15, 0.2) is 11.0 Å². The molecule has 1 aromatic heterocycles. The summed E-state index contributed by atoms with van der Waals surface area (Å²) in [5.41, 5.74) is 0.510. The number of aryl methyl sites for hydroxylation is 1. The fourth-order valence-corrected chi connectivity index (χ4v) is 2.61. The number of hydrogen-bond donors (Lipinski definition) is 0. The number of halogens is 4. The molecular formula is C14H16ClF3N4. The maximum Gasteiger partial charge on any atom is 0.389 e. The Kier molecular flexibility index (Phi) is 5.46. The van der Waals surface area contributed by atoms with Crippen LogP contribution < -0.4 is 4.90 Å². The molecule has 0 radical (unpaired) electrons. The van der Waals surface area contributed by atoms with E-state index in [0.29, 0.717) is 24.6 Å². The Morgan fingerprint density at radius 3 is 2.64 bits per heavy atom. The maximum absolute atomic E-state index is 12.2. The van der Waals surface area contributed by atoms with Gasteiger partial charge in [0.25, 0.3) is 0 Å². The summed E-state index contributed by atoms with van der Waals surface area (Å²) in [5, 5.41) is 0.251. The van der Waals surface area contributed by atoms with Crippen LogP contribution in [0, 0.1) is 6.57 Å². The molecule has 0 saturated carbocycles. The van der Waals surface area contributed by atoms with Gasteiger partial charge in [0.05, 0.1) is 11.9 Å². The molecule has 1 fully saturated rings. The van der Waals surface area contributed by atoms with Crippen molar-refractivity contribution in [1.82, 2.24) is 9.97 Å². The molecule has 0 aromatic carbocycles. The SMILES string of the molecule is [C-]#[N+]C1CCN(c2nc(CCCC(F)(F)F)cnc2Cl)CC1. The van der Waals surface area contributed by atoms with Gasteiger partial charge < -0.3 is 9.74 Å². The van der Waals surface area contributed by atoms with Gasteiger partial charge in [-0.15, -0.1) is 0 Å². The zero-order valence-corrected chi connectivity index (χ0v) is 12.7. The van der Waals surface area contributed by atoms with Gasteiger partial charge in [0.1, 0.15) is 0 Å². The Hall–Kier alpha value is -1.55. The first-order valence-electron chi connectivity index (χ1n) is 7.09. The van der Waals surface area contributed by atoms with Crippen LogP contribution in [0.2, 0.25) is 5.15 Å². The number of rotatable bonds is 4. The van der Waals surface area contributed by atoms with E-state index in [2.05, 4.69) is 14.8 Å². The van der Waals surface area contributed by atoms with E-state index in [4.69, 9.17) is 18.2 Å². The van der Waals surface area contributed by atoms with Crippen LogP contribution in [0.15, 0.2) is 6.20 Å². The topological polar surface area (TPSA) is 33.4 Å². The summed E-state index contributed by atoms with van der Waals surface area (Å²) < 4.78 is 36.5. The zero-order valence-electron chi connectivity index (χ0n) is 11.9. The molecule has 1 saturated heterocycles. The van der Waals surface area contributed by atoms with E-state index in [1.165, 1.54) is 6.20 Å². The minimum atomic E-state index is -4.15. The highest BCUT2D eigenvalue weighted by Gasteiger charge is 2.27. The molecular weight excluding hydrogens is 317 g/mol. The largest absolute Gasteiger partial charge is 0.389 e. The summed E-state index contributed by atoms with van der Waals surface area (Å²) in [6.07, 6.45) is -1.88. The summed E-state index contributed by atoms with van der Waals surface area (Å²) in [7, 11) is 0. The van der Waals surface area contributed by atoms with E-state index in [-0.39, 0.29) is 24.0 Å². The Bertz CT molecular complexity index is 548. The number of piperidine rings is 1. The fraction of sp³-hybridized carbons (Fsp3) is 0.643. The van der Waals surface area contributed by atoms with Crippen LogP contribution in [0.1, 0.15) is 31.4 Å². The van der Waals surface area contributed by atoms with Crippen LogP contribution >= 0.6 is 11.6 Å². The van der Waals surface area contributed by atoms with Gasteiger partial charge in [-0.3, -0.25) is 0 Å². The first-order valence-corrected chi connectivity index (χ1v) is 7.46. The number of alkyl halides is 3. The monoisotopic (exact) mass is 332 g/mol. The van der Waals surface area contributed by atoms with Gasteiger partial charge in [0.2, 0.25) is 6.04 Å². The van der Waals surface area contributed by atoms with Crippen molar-refractivity contribution in [2.24, 2.45) is 0 Å². The van der Waals surface area contributed by atoms with Crippen LogP contribution in [0.25, 0.3) is 4.85 Å². The highest BCUT2D eigenvalue weighted by molar-refractivity contribution is 6.31. The molecule has 1 aliphatic rings. The normalized spacial score (nSPS) is 16.6. The van der Waals surface area contributed by atoms with E-state index in [9.17, 15) is 13.2 Å². The molecule has 2 rings (SSSR count). The number of hydrogen-bond acceptors (Lipinski definition) is 3. The molecule has 0 bridgehead atoms. The van der Waals surface area contributed by atoms with E-state index in [1.807, 2.05) is 4.90 Å². The van der Waals surface area contributed by atoms with Gasteiger partial charge in [-0.05, 0) is 12.8 Å². The maximum atomic E-state index is 12.2. The number of nitrogens with zero attached hydrogens (tertiary/aromatic N) is 4. The lowest BCUT2D eigenvalue weighted by Crippen LogP contribution is -2.35. The Labute approximate surface area is 132 Å². The molecule has 0 N–H and O–H groups in total. The molecule has 0 aliphatic carbocycles. The third-order valence-corrected chi connectivity index (χ3v) is 3.87. The molecule has 1 aromatic rings. The van der Waals surface area contributed by atoms with Crippen LogP contribution in [-0.4, -0.2) is 35.3 Å². The van der Waals surface area contributed by atoms with Crippen LogP contribution in [0.5, 0.6) is 0 Å². The molecule has 120 valence electrons. The molecule has 2 heterocycles. The molecule has 0 amide bonds. The number of aromatic nitrogens is 2. The highest BCUT2D eigenvalue weighted by Crippen LogP contribution is 2.27. The molecule has 0 unspecified atom stereocenters. The van der Waals surface area contributed by atoms with Crippen molar-refractivity contribution in [3.05, 3.63) is 28.5 Å². The molecule has 22 heavy (non-hydrogen) atoms. The second-order valence-electron chi connectivity index (χ2n) is 5.29. The second-order valence-corrected chi connectivity index (χ2v) is 5.65. The van der Waals surface area contributed by atoms with Crippen molar-refractivity contribution in [3.63, 3.8) is 0 Å². The van der Waals surface area contributed by atoms with Gasteiger partial charge in [-0.1, -0.05) is 11.6 Å². The smallest absolute Gasteiger partial charge is 0.353 e. The minimum absolute atomic E-state index is 0.0148. The Morgan fingerprint density at radius 2 is 2.05 bits per heavy atom. The average molecular weight is 333 g/mol. The molecule has 8 heteroatoms. The van der Waals surface area contributed by atoms with Crippen LogP contribution in [-0.2, 0) is 6.42 Å². The lowest BCUT2D eigenvalue weighted by atomic mass is 10.1. The quantitative estimate of drug-likeness (QED) is 0.784. The first kappa shape index (κ1) is 16.8. The second kappa shape index (κ2) is 7.14. The van der Waals surface area contributed by atoms with Crippen molar-refractivity contribution in [2.75, 3.05) is 18.0 Å². The Morgan fingerprint density at radius 1 is 1.36 bits per heavy atom. The van der Waals surface area contributed by atoms with Crippen molar-refractivity contribution >= 4 is 17.4 Å². The van der Waals surface area contributed by atoms with Crippen molar-refractivity contribution in [2.45, 2.75) is 44.3 Å². The highest BCUT2D eigenvalue weighted by atomic mass is 35.5. The van der Waals surface area contributed by atoms with Gasteiger partial charge in [0, 0.05) is 32.4 Å². The zero-order chi connectivity index (χ0) is 16.2. The van der Waals surface area contributed by atoms with E-state index < -0.39 is 12.6 Å². The summed E-state index contributed by atoms with van der Waals surface area (Å²) >= 11 is 6.05. The predicted octanol–water partition coefficient (Wildman–Crippen LogP) is 3.90. The summed E-state index contributed by atoms with van der Waals surface area (Å²) in [5.74, 6) is 0.509. The summed E-state index contributed by atoms with van der Waals surface area (Å²) in [4.78, 5) is 13.9. The van der Waals surface area contributed by atoms with Crippen LogP contribution in [0.4, 0.5) is 19.0 Å². The molecule has 0 spiro atoms. The molecule has 0 atom stereocenters. The first-order chi connectivity index (χ1) is 10.4. The minimum Gasteiger partial charge on any atom is -0.353 e. The van der Waals surface area contributed by atoms with Crippen molar-refractivity contribution in [3.8, 4) is 0 Å². The summed E-state index contributed by atoms with van der Waals surface area (Å²) in [6.45, 7) is 8.35. The standard InChI is InChI=1S/C14H16ClF3N4/c1-19-10-4-7-22(8-5-10)13-12(15)20-9-11(21-13)3-2-6-14(16,17)18/h9-10H,2-8H2. The average Bonchev–Trinajstić information content (AvgIpc) is 2.48. The van der Waals surface area contributed by atoms with Gasteiger partial charge >= 0.3 is 6.18 Å². The number of anilines is 1. The third-order valence-electron chi connectivity index (χ3n) is 3.60.